The Bertz CT molecular complexity index is 730. The van der Waals surface area contributed by atoms with E-state index < -0.39 is 15.7 Å². The molecule has 0 saturated carbocycles. The Balaban J connectivity index is 2.13. The van der Waals surface area contributed by atoms with E-state index in [-0.39, 0.29) is 29.1 Å². The number of carbonyl (C=O) groups excluding carboxylic acids is 2. The summed E-state index contributed by atoms with van der Waals surface area (Å²) in [5, 5.41) is 2.59. The first-order chi connectivity index (χ1) is 10.8. The van der Waals surface area contributed by atoms with Crippen LogP contribution in [0.25, 0.3) is 0 Å². The van der Waals surface area contributed by atoms with Gasteiger partial charge in [0.2, 0.25) is 0 Å². The summed E-state index contributed by atoms with van der Waals surface area (Å²) in [6.45, 7) is 3.81. The van der Waals surface area contributed by atoms with Crippen molar-refractivity contribution >= 4 is 21.7 Å². The standard InChI is InChI=1S/C15H19N3O4S/c1-3-6-17-14(19)13-9-11(4-7-16-13)15(20)18(2)12-5-8-23(21,22)10-12/h3-4,7,9,12H,1,5-6,8,10H2,2H3,(H,17,19). The monoisotopic (exact) mass is 337 g/mol. The molecule has 2 amide bonds. The molecule has 2 rings (SSSR count). The number of nitrogens with one attached hydrogen (secondary N) is 1. The number of hydrogen-bond acceptors (Lipinski definition) is 5. The van der Waals surface area contributed by atoms with Crippen LogP contribution >= 0.6 is 0 Å². The van der Waals surface area contributed by atoms with Crippen molar-refractivity contribution in [1.82, 2.24) is 15.2 Å². The highest BCUT2D eigenvalue weighted by molar-refractivity contribution is 7.91. The van der Waals surface area contributed by atoms with Crippen LogP contribution in [0.1, 0.15) is 27.3 Å². The van der Waals surface area contributed by atoms with Gasteiger partial charge in [0, 0.05) is 31.4 Å². The Hall–Kier alpha value is -2.22. The Labute approximate surface area is 135 Å². The molecule has 1 aliphatic heterocycles. The van der Waals surface area contributed by atoms with Crippen LogP contribution in [0.15, 0.2) is 31.0 Å². The maximum Gasteiger partial charge on any atom is 0.270 e. The molecular weight excluding hydrogens is 318 g/mol. The van der Waals surface area contributed by atoms with Crippen LogP contribution in [0, 0.1) is 0 Å². The van der Waals surface area contributed by atoms with E-state index in [4.69, 9.17) is 0 Å². The third-order valence-electron chi connectivity index (χ3n) is 3.72. The molecule has 0 radical (unpaired) electrons. The number of rotatable bonds is 5. The number of carbonyl (C=O) groups is 2. The normalized spacial score (nSPS) is 19.1. The van der Waals surface area contributed by atoms with Crippen molar-refractivity contribution in [3.05, 3.63) is 42.2 Å². The van der Waals surface area contributed by atoms with E-state index in [0.29, 0.717) is 18.5 Å². The number of sulfone groups is 1. The van der Waals surface area contributed by atoms with Crippen molar-refractivity contribution in [2.24, 2.45) is 0 Å². The predicted molar refractivity (Wildman–Crippen MR) is 85.9 cm³/mol. The van der Waals surface area contributed by atoms with Crippen molar-refractivity contribution < 1.29 is 18.0 Å². The summed E-state index contributed by atoms with van der Waals surface area (Å²) in [5.74, 6) is -0.647. The average molecular weight is 337 g/mol. The summed E-state index contributed by atoms with van der Waals surface area (Å²) in [5.41, 5.74) is 0.431. The summed E-state index contributed by atoms with van der Waals surface area (Å²) in [7, 11) is -1.49. The first kappa shape index (κ1) is 17.1. The molecule has 1 saturated heterocycles. The molecule has 8 heteroatoms. The minimum atomic E-state index is -3.07. The van der Waals surface area contributed by atoms with Crippen LogP contribution < -0.4 is 5.32 Å². The second-order valence-corrected chi connectivity index (χ2v) is 7.63. The Morgan fingerprint density at radius 3 is 2.87 bits per heavy atom. The number of hydrogen-bond donors (Lipinski definition) is 1. The zero-order valence-corrected chi connectivity index (χ0v) is 13.7. The molecule has 0 bridgehead atoms. The Morgan fingerprint density at radius 1 is 1.52 bits per heavy atom. The van der Waals surface area contributed by atoms with Crippen molar-refractivity contribution in [1.29, 1.82) is 0 Å². The van der Waals surface area contributed by atoms with Crippen LogP contribution in [-0.2, 0) is 9.84 Å². The highest BCUT2D eigenvalue weighted by Gasteiger charge is 2.33. The maximum absolute atomic E-state index is 12.5. The fourth-order valence-electron chi connectivity index (χ4n) is 2.39. The number of nitrogens with zero attached hydrogens (tertiary/aromatic N) is 2. The average Bonchev–Trinajstić information content (AvgIpc) is 2.91. The lowest BCUT2D eigenvalue weighted by molar-refractivity contribution is 0.0747. The molecule has 2 heterocycles. The van der Waals surface area contributed by atoms with Gasteiger partial charge in [0.15, 0.2) is 9.84 Å². The number of amides is 2. The van der Waals surface area contributed by atoms with E-state index in [9.17, 15) is 18.0 Å². The Morgan fingerprint density at radius 2 is 2.26 bits per heavy atom. The minimum absolute atomic E-state index is 0.0208. The van der Waals surface area contributed by atoms with E-state index >= 15 is 0 Å². The van der Waals surface area contributed by atoms with Gasteiger partial charge in [-0.2, -0.15) is 0 Å². The van der Waals surface area contributed by atoms with Crippen LogP contribution in [0.3, 0.4) is 0 Å². The quantitative estimate of drug-likeness (QED) is 0.777. The van der Waals surface area contributed by atoms with E-state index in [1.807, 2.05) is 0 Å². The fraction of sp³-hybridized carbons (Fsp3) is 0.400. The number of pyridine rings is 1. The van der Waals surface area contributed by atoms with Gasteiger partial charge >= 0.3 is 0 Å². The highest BCUT2D eigenvalue weighted by Crippen LogP contribution is 2.18. The smallest absolute Gasteiger partial charge is 0.270 e. The molecule has 1 aromatic rings. The molecule has 1 atom stereocenters. The molecule has 1 aliphatic rings. The van der Waals surface area contributed by atoms with Crippen LogP contribution in [0.4, 0.5) is 0 Å². The zero-order chi connectivity index (χ0) is 17.0. The van der Waals surface area contributed by atoms with Crippen molar-refractivity contribution in [3.63, 3.8) is 0 Å². The summed E-state index contributed by atoms with van der Waals surface area (Å²) >= 11 is 0. The molecule has 0 aromatic carbocycles. The summed E-state index contributed by atoms with van der Waals surface area (Å²) < 4.78 is 23.1. The van der Waals surface area contributed by atoms with E-state index in [1.54, 1.807) is 13.1 Å². The second kappa shape index (κ2) is 6.91. The molecule has 23 heavy (non-hydrogen) atoms. The van der Waals surface area contributed by atoms with Gasteiger partial charge in [0.1, 0.15) is 5.69 Å². The van der Waals surface area contributed by atoms with E-state index in [2.05, 4.69) is 16.9 Å². The fourth-order valence-corrected chi connectivity index (χ4v) is 4.17. The molecule has 0 spiro atoms. The first-order valence-corrected chi connectivity index (χ1v) is 8.99. The predicted octanol–water partition coefficient (Wildman–Crippen LogP) is 0.257. The summed E-state index contributed by atoms with van der Waals surface area (Å²) in [6, 6.07) is 2.58. The SMILES string of the molecule is C=CCNC(=O)c1cc(C(=O)N(C)C2CCS(=O)(=O)C2)ccn1. The van der Waals surface area contributed by atoms with E-state index in [1.165, 1.54) is 23.2 Å². The second-order valence-electron chi connectivity index (χ2n) is 5.40. The van der Waals surface area contributed by atoms with Crippen molar-refractivity contribution in [2.45, 2.75) is 12.5 Å². The van der Waals surface area contributed by atoms with Crippen molar-refractivity contribution in [3.8, 4) is 0 Å². The third kappa shape index (κ3) is 4.16. The summed E-state index contributed by atoms with van der Waals surface area (Å²) in [6.07, 6.45) is 3.36. The molecule has 124 valence electrons. The van der Waals surface area contributed by atoms with Gasteiger partial charge in [-0.05, 0) is 18.6 Å². The van der Waals surface area contributed by atoms with Gasteiger partial charge < -0.3 is 10.2 Å². The van der Waals surface area contributed by atoms with Gasteiger partial charge in [0.25, 0.3) is 11.8 Å². The minimum Gasteiger partial charge on any atom is -0.347 e. The molecule has 0 aliphatic carbocycles. The first-order valence-electron chi connectivity index (χ1n) is 7.17. The van der Waals surface area contributed by atoms with Crippen LogP contribution in [0.5, 0.6) is 0 Å². The maximum atomic E-state index is 12.5. The van der Waals surface area contributed by atoms with Crippen LogP contribution in [-0.4, -0.2) is 61.3 Å². The van der Waals surface area contributed by atoms with Gasteiger partial charge in [0.05, 0.1) is 11.5 Å². The third-order valence-corrected chi connectivity index (χ3v) is 5.47. The summed E-state index contributed by atoms with van der Waals surface area (Å²) in [4.78, 5) is 29.7. The largest absolute Gasteiger partial charge is 0.347 e. The molecule has 1 unspecified atom stereocenters. The van der Waals surface area contributed by atoms with Crippen molar-refractivity contribution in [2.75, 3.05) is 25.1 Å². The highest BCUT2D eigenvalue weighted by atomic mass is 32.2. The van der Waals surface area contributed by atoms with E-state index in [0.717, 1.165) is 0 Å². The zero-order valence-electron chi connectivity index (χ0n) is 12.9. The molecule has 1 N–H and O–H groups in total. The lowest BCUT2D eigenvalue weighted by atomic mass is 10.1. The molecule has 7 nitrogen and oxygen atoms in total. The van der Waals surface area contributed by atoms with Gasteiger partial charge in [-0.3, -0.25) is 14.6 Å². The van der Waals surface area contributed by atoms with Gasteiger partial charge in [-0.25, -0.2) is 8.42 Å². The van der Waals surface area contributed by atoms with Gasteiger partial charge in [-0.1, -0.05) is 6.08 Å². The number of aromatic nitrogens is 1. The molecule has 1 fully saturated rings. The lowest BCUT2D eigenvalue weighted by Gasteiger charge is -2.23. The van der Waals surface area contributed by atoms with Crippen LogP contribution in [0.2, 0.25) is 0 Å². The topological polar surface area (TPSA) is 96.4 Å². The lowest BCUT2D eigenvalue weighted by Crippen LogP contribution is -2.38. The molecule has 1 aromatic heterocycles. The van der Waals surface area contributed by atoms with Gasteiger partial charge in [-0.15, -0.1) is 6.58 Å². The Kier molecular flexibility index (Phi) is 5.15. The molecular formula is C15H19N3O4S.